The molecule has 6 nitrogen and oxygen atoms in total. The summed E-state index contributed by atoms with van der Waals surface area (Å²) >= 11 is 0. The van der Waals surface area contributed by atoms with Gasteiger partial charge in [0.05, 0.1) is 6.10 Å². The van der Waals surface area contributed by atoms with Gasteiger partial charge in [0.1, 0.15) is 5.78 Å². The van der Waals surface area contributed by atoms with Gasteiger partial charge in [-0.15, -0.1) is 0 Å². The molecule has 0 heterocycles. The second kappa shape index (κ2) is 14.0. The van der Waals surface area contributed by atoms with Crippen molar-refractivity contribution in [3.05, 3.63) is 0 Å². The van der Waals surface area contributed by atoms with Crippen molar-refractivity contribution in [3.8, 4) is 0 Å². The Balaban J connectivity index is 3.50. The first kappa shape index (κ1) is 22.6. The summed E-state index contributed by atoms with van der Waals surface area (Å²) in [5, 5.41) is 5.60. The van der Waals surface area contributed by atoms with Gasteiger partial charge in [0, 0.05) is 44.9 Å². The van der Waals surface area contributed by atoms with Crippen molar-refractivity contribution in [3.63, 3.8) is 0 Å². The molecule has 0 atom stereocenters. The fraction of sp³-hybridized carbons (Fsp3) is 0.833. The Morgan fingerprint density at radius 1 is 0.792 bits per heavy atom. The Labute approximate surface area is 146 Å². The van der Waals surface area contributed by atoms with E-state index >= 15 is 0 Å². The van der Waals surface area contributed by atoms with Gasteiger partial charge in [-0.3, -0.25) is 14.4 Å². The lowest BCUT2D eigenvalue weighted by Gasteiger charge is -2.08. The van der Waals surface area contributed by atoms with Crippen molar-refractivity contribution < 1.29 is 19.1 Å². The Hall–Kier alpha value is -1.43. The minimum absolute atomic E-state index is 0.0325. The van der Waals surface area contributed by atoms with Gasteiger partial charge in [0.15, 0.2) is 0 Å². The number of hydrogen-bond donors (Lipinski definition) is 2. The molecule has 6 heteroatoms. The minimum Gasteiger partial charge on any atom is -0.379 e. The van der Waals surface area contributed by atoms with Crippen molar-refractivity contribution in [1.29, 1.82) is 0 Å². The molecule has 0 aromatic heterocycles. The van der Waals surface area contributed by atoms with Gasteiger partial charge in [-0.1, -0.05) is 13.8 Å². The fourth-order valence-corrected chi connectivity index (χ4v) is 1.98. The Kier molecular flexibility index (Phi) is 13.1. The molecular weight excluding hydrogens is 308 g/mol. The van der Waals surface area contributed by atoms with E-state index in [9.17, 15) is 14.4 Å². The van der Waals surface area contributed by atoms with Crippen LogP contribution >= 0.6 is 0 Å². The van der Waals surface area contributed by atoms with Crippen LogP contribution in [0, 0.1) is 5.92 Å². The van der Waals surface area contributed by atoms with Gasteiger partial charge in [-0.25, -0.2) is 0 Å². The van der Waals surface area contributed by atoms with Gasteiger partial charge >= 0.3 is 0 Å². The highest BCUT2D eigenvalue weighted by atomic mass is 16.5. The van der Waals surface area contributed by atoms with Crippen molar-refractivity contribution in [1.82, 2.24) is 10.6 Å². The molecule has 0 rings (SSSR count). The first-order valence-corrected chi connectivity index (χ1v) is 9.00. The number of nitrogens with one attached hydrogen (secondary N) is 2. The van der Waals surface area contributed by atoms with Crippen LogP contribution in [0.4, 0.5) is 0 Å². The van der Waals surface area contributed by atoms with Crippen LogP contribution in [0.3, 0.4) is 0 Å². The van der Waals surface area contributed by atoms with E-state index in [0.29, 0.717) is 51.8 Å². The smallest absolute Gasteiger partial charge is 0.220 e. The average molecular weight is 342 g/mol. The number of amides is 2. The van der Waals surface area contributed by atoms with Gasteiger partial charge in [0.2, 0.25) is 11.8 Å². The first-order valence-electron chi connectivity index (χ1n) is 9.00. The number of Topliss-reactive ketones (excluding diaryl/α,β-unsaturated/α-hetero) is 1. The van der Waals surface area contributed by atoms with E-state index < -0.39 is 0 Å². The lowest BCUT2D eigenvalue weighted by Crippen LogP contribution is -2.27. The van der Waals surface area contributed by atoms with E-state index in [1.165, 1.54) is 0 Å². The number of rotatable bonds is 14. The zero-order valence-electron chi connectivity index (χ0n) is 15.7. The summed E-state index contributed by atoms with van der Waals surface area (Å²) in [6.45, 7) is 9.46. The zero-order valence-corrected chi connectivity index (χ0v) is 15.7. The second-order valence-corrected chi connectivity index (χ2v) is 6.55. The molecule has 0 radical (unpaired) electrons. The molecule has 0 spiro atoms. The molecule has 0 aliphatic heterocycles. The molecule has 0 unspecified atom stereocenters. The minimum atomic E-state index is -0.0647. The highest BCUT2D eigenvalue weighted by molar-refractivity contribution is 5.80. The maximum absolute atomic E-state index is 11.6. The molecule has 0 aliphatic rings. The molecule has 0 bridgehead atoms. The number of carbonyl (C=O) groups excluding carboxylic acids is 3. The van der Waals surface area contributed by atoms with Crippen LogP contribution in [0.25, 0.3) is 0 Å². The van der Waals surface area contributed by atoms with Crippen LogP contribution < -0.4 is 10.6 Å². The third-order valence-corrected chi connectivity index (χ3v) is 3.47. The highest BCUT2D eigenvalue weighted by Crippen LogP contribution is 2.01. The molecule has 2 N–H and O–H groups in total. The van der Waals surface area contributed by atoms with Gasteiger partial charge < -0.3 is 15.4 Å². The first-order chi connectivity index (χ1) is 11.3. The summed E-state index contributed by atoms with van der Waals surface area (Å²) in [5.74, 6) is 0.177. The average Bonchev–Trinajstić information content (AvgIpc) is 2.50. The van der Waals surface area contributed by atoms with Crippen LogP contribution in [0.1, 0.15) is 66.2 Å². The number of hydrogen-bond acceptors (Lipinski definition) is 4. The van der Waals surface area contributed by atoms with Gasteiger partial charge in [0.25, 0.3) is 0 Å². The number of ether oxygens (including phenoxy) is 1. The second-order valence-electron chi connectivity index (χ2n) is 6.55. The molecule has 24 heavy (non-hydrogen) atoms. The van der Waals surface area contributed by atoms with E-state index in [1.54, 1.807) is 0 Å². The molecule has 0 aromatic rings. The van der Waals surface area contributed by atoms with E-state index in [-0.39, 0.29) is 29.6 Å². The topological polar surface area (TPSA) is 84.5 Å². The summed E-state index contributed by atoms with van der Waals surface area (Å²) in [6.07, 6.45) is 3.39. The molecule has 0 aromatic carbocycles. The third-order valence-electron chi connectivity index (χ3n) is 3.47. The quantitative estimate of drug-likeness (QED) is 0.474. The van der Waals surface area contributed by atoms with Crippen LogP contribution in [0.15, 0.2) is 0 Å². The lowest BCUT2D eigenvalue weighted by atomic mass is 10.0. The molecule has 0 saturated heterocycles. The Morgan fingerprint density at radius 2 is 1.33 bits per heavy atom. The van der Waals surface area contributed by atoms with Crippen LogP contribution in [-0.4, -0.2) is 43.4 Å². The highest BCUT2D eigenvalue weighted by Gasteiger charge is 2.08. The predicted molar refractivity (Wildman–Crippen MR) is 94.7 cm³/mol. The van der Waals surface area contributed by atoms with E-state index in [2.05, 4.69) is 10.6 Å². The molecule has 0 saturated carbocycles. The summed E-state index contributed by atoms with van der Waals surface area (Å²) < 4.78 is 5.39. The van der Waals surface area contributed by atoms with Crippen LogP contribution in [0.2, 0.25) is 0 Å². The van der Waals surface area contributed by atoms with Crippen molar-refractivity contribution in [2.75, 3.05) is 19.7 Å². The maximum Gasteiger partial charge on any atom is 0.220 e. The zero-order chi connectivity index (χ0) is 18.4. The molecule has 0 fully saturated rings. The summed E-state index contributed by atoms with van der Waals surface area (Å²) in [5.41, 5.74) is 0. The SMILES string of the molecule is CC(C)OCCCNC(=O)CCCC(=O)NCCCC(=O)C(C)C. The number of ketones is 1. The van der Waals surface area contributed by atoms with E-state index in [1.807, 2.05) is 27.7 Å². The Morgan fingerprint density at radius 3 is 1.83 bits per heavy atom. The van der Waals surface area contributed by atoms with E-state index in [0.717, 1.165) is 6.42 Å². The summed E-state index contributed by atoms with van der Waals surface area (Å²) in [4.78, 5) is 34.7. The van der Waals surface area contributed by atoms with Crippen molar-refractivity contribution in [2.24, 2.45) is 5.92 Å². The van der Waals surface area contributed by atoms with Gasteiger partial charge in [-0.05, 0) is 33.1 Å². The fourth-order valence-electron chi connectivity index (χ4n) is 1.98. The van der Waals surface area contributed by atoms with Gasteiger partial charge in [-0.2, -0.15) is 0 Å². The maximum atomic E-state index is 11.6. The monoisotopic (exact) mass is 342 g/mol. The summed E-state index contributed by atoms with van der Waals surface area (Å²) in [7, 11) is 0. The normalized spacial score (nSPS) is 10.9. The molecule has 0 aliphatic carbocycles. The lowest BCUT2D eigenvalue weighted by molar-refractivity contribution is -0.124. The van der Waals surface area contributed by atoms with Crippen molar-refractivity contribution >= 4 is 17.6 Å². The predicted octanol–water partition coefficient (Wildman–Crippen LogP) is 2.21. The van der Waals surface area contributed by atoms with Crippen LogP contribution in [-0.2, 0) is 19.1 Å². The number of carbonyl (C=O) groups is 3. The summed E-state index contributed by atoms with van der Waals surface area (Å²) in [6, 6.07) is 0. The molecule has 140 valence electrons. The molecule has 2 amide bonds. The standard InChI is InChI=1S/C18H34N2O4/c1-14(2)16(21)8-6-11-19-17(22)9-5-10-18(23)20-12-7-13-24-15(3)4/h14-15H,5-13H2,1-4H3,(H,19,22)(H,20,23). The van der Waals surface area contributed by atoms with E-state index in [4.69, 9.17) is 4.74 Å². The van der Waals surface area contributed by atoms with Crippen molar-refractivity contribution in [2.45, 2.75) is 72.3 Å². The largest absolute Gasteiger partial charge is 0.379 e. The third kappa shape index (κ3) is 14.2. The Bertz CT molecular complexity index is 381. The molecular formula is C18H34N2O4. The van der Waals surface area contributed by atoms with Crippen LogP contribution in [0.5, 0.6) is 0 Å².